The van der Waals surface area contributed by atoms with Crippen molar-refractivity contribution in [2.24, 2.45) is 11.3 Å². The zero-order chi connectivity index (χ0) is 10.8. The summed E-state index contributed by atoms with van der Waals surface area (Å²) in [6, 6.07) is 0. The minimum absolute atomic E-state index is 0.0262. The molecule has 1 amide bonds. The third-order valence-electron chi connectivity index (χ3n) is 2.98. The molecule has 1 atom stereocenters. The standard InChI is InChI=1S/C10H18ClNO2/c1-10(2)7-12(9(13)4-11)5-8(10)6-14-3/h8H,4-7H2,1-3H3/t8-/m0/s1. The Bertz CT molecular complexity index is 218. The fourth-order valence-electron chi connectivity index (χ4n) is 1.95. The largest absolute Gasteiger partial charge is 0.384 e. The number of methoxy groups -OCH3 is 1. The van der Waals surface area contributed by atoms with Gasteiger partial charge in [-0.25, -0.2) is 0 Å². The SMILES string of the molecule is COC[C@@H]1CN(C(=O)CCl)CC1(C)C. The fourth-order valence-corrected chi connectivity index (χ4v) is 2.12. The maximum absolute atomic E-state index is 11.4. The van der Waals surface area contributed by atoms with E-state index in [1.165, 1.54) is 0 Å². The van der Waals surface area contributed by atoms with E-state index in [-0.39, 0.29) is 17.2 Å². The maximum atomic E-state index is 11.4. The van der Waals surface area contributed by atoms with Crippen LogP contribution >= 0.6 is 11.6 Å². The molecule has 0 aromatic heterocycles. The molecule has 4 heteroatoms. The van der Waals surface area contributed by atoms with E-state index in [0.29, 0.717) is 12.5 Å². The van der Waals surface area contributed by atoms with E-state index in [1.807, 2.05) is 4.90 Å². The quantitative estimate of drug-likeness (QED) is 0.671. The second-order valence-corrected chi connectivity index (χ2v) is 4.82. The van der Waals surface area contributed by atoms with Gasteiger partial charge in [0.1, 0.15) is 5.88 Å². The lowest BCUT2D eigenvalue weighted by molar-refractivity contribution is -0.127. The van der Waals surface area contributed by atoms with E-state index >= 15 is 0 Å². The van der Waals surface area contributed by atoms with Crippen LogP contribution in [0.25, 0.3) is 0 Å². The smallest absolute Gasteiger partial charge is 0.237 e. The first-order chi connectivity index (χ1) is 6.51. The molecule has 3 nitrogen and oxygen atoms in total. The van der Waals surface area contributed by atoms with Crippen LogP contribution in [0.15, 0.2) is 0 Å². The van der Waals surface area contributed by atoms with Crippen molar-refractivity contribution in [3.63, 3.8) is 0 Å². The van der Waals surface area contributed by atoms with Crippen molar-refractivity contribution in [1.82, 2.24) is 4.90 Å². The van der Waals surface area contributed by atoms with Gasteiger partial charge < -0.3 is 9.64 Å². The summed E-state index contributed by atoms with van der Waals surface area (Å²) in [5.74, 6) is 0.522. The van der Waals surface area contributed by atoms with Crippen LogP contribution in [-0.2, 0) is 9.53 Å². The third-order valence-corrected chi connectivity index (χ3v) is 3.21. The van der Waals surface area contributed by atoms with Crippen molar-refractivity contribution in [3.8, 4) is 0 Å². The molecule has 0 aromatic carbocycles. The van der Waals surface area contributed by atoms with Crippen molar-refractivity contribution in [3.05, 3.63) is 0 Å². The number of hydrogen-bond donors (Lipinski definition) is 0. The van der Waals surface area contributed by atoms with Gasteiger partial charge in [-0.1, -0.05) is 13.8 Å². The molecule has 0 aromatic rings. The van der Waals surface area contributed by atoms with Crippen LogP contribution < -0.4 is 0 Å². The molecule has 1 fully saturated rings. The van der Waals surface area contributed by atoms with E-state index < -0.39 is 0 Å². The molecular weight excluding hydrogens is 202 g/mol. The maximum Gasteiger partial charge on any atom is 0.237 e. The van der Waals surface area contributed by atoms with Gasteiger partial charge in [0.15, 0.2) is 0 Å². The van der Waals surface area contributed by atoms with Gasteiger partial charge in [-0.2, -0.15) is 0 Å². The van der Waals surface area contributed by atoms with Gasteiger partial charge >= 0.3 is 0 Å². The van der Waals surface area contributed by atoms with Crippen LogP contribution in [0, 0.1) is 11.3 Å². The van der Waals surface area contributed by atoms with Crippen molar-refractivity contribution >= 4 is 17.5 Å². The molecule has 1 saturated heterocycles. The number of halogens is 1. The van der Waals surface area contributed by atoms with E-state index in [9.17, 15) is 4.79 Å². The molecule has 14 heavy (non-hydrogen) atoms. The zero-order valence-electron chi connectivity index (χ0n) is 9.05. The lowest BCUT2D eigenvalue weighted by Crippen LogP contribution is -2.30. The van der Waals surface area contributed by atoms with E-state index in [1.54, 1.807) is 7.11 Å². The summed E-state index contributed by atoms with van der Waals surface area (Å²) in [4.78, 5) is 13.2. The van der Waals surface area contributed by atoms with Gasteiger partial charge in [0.25, 0.3) is 0 Å². The highest BCUT2D eigenvalue weighted by atomic mass is 35.5. The Hall–Kier alpha value is -0.280. The lowest BCUT2D eigenvalue weighted by atomic mass is 9.83. The fraction of sp³-hybridized carbons (Fsp3) is 0.900. The Morgan fingerprint density at radius 3 is 2.79 bits per heavy atom. The number of alkyl halides is 1. The topological polar surface area (TPSA) is 29.5 Å². The second-order valence-electron chi connectivity index (χ2n) is 4.55. The molecule has 0 unspecified atom stereocenters. The number of carbonyl (C=O) groups is 1. The molecule has 0 bridgehead atoms. The van der Waals surface area contributed by atoms with Gasteiger partial charge in [-0.15, -0.1) is 11.6 Å². The van der Waals surface area contributed by atoms with Gasteiger partial charge in [0, 0.05) is 26.1 Å². The zero-order valence-corrected chi connectivity index (χ0v) is 9.80. The van der Waals surface area contributed by atoms with Gasteiger partial charge in [0.05, 0.1) is 6.61 Å². The summed E-state index contributed by atoms with van der Waals surface area (Å²) < 4.78 is 5.15. The van der Waals surface area contributed by atoms with Crippen LogP contribution in [0.2, 0.25) is 0 Å². The molecule has 82 valence electrons. The normalized spacial score (nSPS) is 25.4. The summed E-state index contributed by atoms with van der Waals surface area (Å²) in [5, 5.41) is 0. The molecule has 0 saturated carbocycles. The average Bonchev–Trinajstić information content (AvgIpc) is 2.42. The highest BCUT2D eigenvalue weighted by Crippen LogP contribution is 2.35. The van der Waals surface area contributed by atoms with Crippen LogP contribution in [0.1, 0.15) is 13.8 Å². The summed E-state index contributed by atoms with van der Waals surface area (Å²) in [7, 11) is 1.70. The summed E-state index contributed by atoms with van der Waals surface area (Å²) in [6.45, 7) is 6.59. The monoisotopic (exact) mass is 219 g/mol. The third kappa shape index (κ3) is 2.39. The molecular formula is C10H18ClNO2. The van der Waals surface area contributed by atoms with E-state index in [2.05, 4.69) is 13.8 Å². The Balaban J connectivity index is 2.61. The number of rotatable bonds is 3. The molecule has 0 radical (unpaired) electrons. The van der Waals surface area contributed by atoms with Crippen LogP contribution in [0.3, 0.4) is 0 Å². The predicted molar refractivity (Wildman–Crippen MR) is 56.4 cm³/mol. The minimum Gasteiger partial charge on any atom is -0.384 e. The lowest BCUT2D eigenvalue weighted by Gasteiger charge is -2.24. The first-order valence-corrected chi connectivity index (χ1v) is 5.37. The van der Waals surface area contributed by atoms with Gasteiger partial charge in [-0.05, 0) is 5.41 Å². The predicted octanol–water partition coefficient (Wildman–Crippen LogP) is 1.36. The highest BCUT2D eigenvalue weighted by molar-refractivity contribution is 6.27. The van der Waals surface area contributed by atoms with E-state index in [4.69, 9.17) is 16.3 Å². The Kier molecular flexibility index (Phi) is 3.78. The van der Waals surface area contributed by atoms with Crippen LogP contribution in [-0.4, -0.2) is 43.5 Å². The number of amides is 1. The Labute approximate surface area is 90.4 Å². The number of hydrogen-bond acceptors (Lipinski definition) is 2. The first-order valence-electron chi connectivity index (χ1n) is 4.84. The van der Waals surface area contributed by atoms with E-state index in [0.717, 1.165) is 13.1 Å². The molecule has 0 spiro atoms. The minimum atomic E-state index is 0.0262. The summed E-state index contributed by atoms with van der Waals surface area (Å²) in [5.41, 5.74) is 0.137. The molecule has 1 aliphatic rings. The summed E-state index contributed by atoms with van der Waals surface area (Å²) in [6.07, 6.45) is 0. The number of ether oxygens (including phenoxy) is 1. The van der Waals surface area contributed by atoms with Crippen molar-refractivity contribution < 1.29 is 9.53 Å². The number of carbonyl (C=O) groups excluding carboxylic acids is 1. The summed E-state index contributed by atoms with van der Waals surface area (Å²) >= 11 is 5.53. The van der Waals surface area contributed by atoms with Gasteiger partial charge in [-0.3, -0.25) is 4.79 Å². The van der Waals surface area contributed by atoms with Crippen molar-refractivity contribution in [1.29, 1.82) is 0 Å². The average molecular weight is 220 g/mol. The van der Waals surface area contributed by atoms with Crippen LogP contribution in [0.4, 0.5) is 0 Å². The van der Waals surface area contributed by atoms with Crippen LogP contribution in [0.5, 0.6) is 0 Å². The first kappa shape index (κ1) is 11.8. The van der Waals surface area contributed by atoms with Crippen molar-refractivity contribution in [2.75, 3.05) is 32.7 Å². The second kappa shape index (κ2) is 4.49. The number of likely N-dealkylation sites (tertiary alicyclic amines) is 1. The molecule has 0 N–H and O–H groups in total. The highest BCUT2D eigenvalue weighted by Gasteiger charge is 2.40. The molecule has 1 aliphatic heterocycles. The molecule has 1 heterocycles. The molecule has 1 rings (SSSR count). The molecule has 0 aliphatic carbocycles. The Morgan fingerprint density at radius 1 is 1.64 bits per heavy atom. The van der Waals surface area contributed by atoms with Gasteiger partial charge in [0.2, 0.25) is 5.91 Å². The number of nitrogens with zero attached hydrogens (tertiary/aromatic N) is 1. The Morgan fingerprint density at radius 2 is 2.29 bits per heavy atom. The van der Waals surface area contributed by atoms with Crippen molar-refractivity contribution in [2.45, 2.75) is 13.8 Å².